The Balaban J connectivity index is 2.07. The normalized spacial score (nSPS) is 10.0. The molecular weight excluding hydrogens is 248 g/mol. The van der Waals surface area contributed by atoms with Gasteiger partial charge in [-0.1, -0.05) is 42.5 Å². The molecule has 0 saturated carbocycles. The van der Waals surface area contributed by atoms with E-state index >= 15 is 0 Å². The Morgan fingerprint density at radius 3 is 2.44 bits per heavy atom. The van der Waals surface area contributed by atoms with Crippen LogP contribution in [0.25, 0.3) is 0 Å². The summed E-state index contributed by atoms with van der Waals surface area (Å²) in [7, 11) is 0. The summed E-state index contributed by atoms with van der Waals surface area (Å²) in [5.41, 5.74) is 1.19. The van der Waals surface area contributed by atoms with Gasteiger partial charge in [0.05, 0.1) is 4.90 Å². The van der Waals surface area contributed by atoms with Crippen LogP contribution in [0.3, 0.4) is 0 Å². The van der Waals surface area contributed by atoms with Crippen LogP contribution in [-0.4, -0.2) is 11.3 Å². The van der Waals surface area contributed by atoms with Crippen molar-refractivity contribution in [2.75, 3.05) is 0 Å². The van der Waals surface area contributed by atoms with Crippen molar-refractivity contribution in [3.8, 4) is 5.75 Å². The topological polar surface area (TPSA) is 46.5 Å². The molecule has 0 unspecified atom stereocenters. The van der Waals surface area contributed by atoms with Crippen molar-refractivity contribution < 1.29 is 14.6 Å². The predicted octanol–water partition coefficient (Wildman–Crippen LogP) is 4.04. The highest BCUT2D eigenvalue weighted by Gasteiger charge is 2.07. The molecule has 18 heavy (non-hydrogen) atoms. The average Bonchev–Trinajstić information content (AvgIpc) is 2.38. The van der Waals surface area contributed by atoms with Gasteiger partial charge in [-0.15, -0.1) is 11.8 Å². The maximum Gasteiger partial charge on any atom is 0.511 e. The van der Waals surface area contributed by atoms with E-state index in [1.165, 1.54) is 5.56 Å². The number of hydrogen-bond acceptors (Lipinski definition) is 3. The van der Waals surface area contributed by atoms with Crippen LogP contribution in [0, 0.1) is 0 Å². The Hall–Kier alpha value is -1.94. The van der Waals surface area contributed by atoms with Crippen molar-refractivity contribution >= 4 is 17.9 Å². The summed E-state index contributed by atoms with van der Waals surface area (Å²) in [6, 6.07) is 17.1. The molecule has 2 aromatic rings. The van der Waals surface area contributed by atoms with Crippen molar-refractivity contribution in [3.63, 3.8) is 0 Å². The lowest BCUT2D eigenvalue weighted by atomic mass is 10.2. The number of carbonyl (C=O) groups is 1. The van der Waals surface area contributed by atoms with Crippen molar-refractivity contribution in [3.05, 3.63) is 60.2 Å². The lowest BCUT2D eigenvalue weighted by molar-refractivity contribution is 0.143. The number of hydrogen-bond donors (Lipinski definition) is 1. The fraction of sp³-hybridized carbons (Fsp3) is 0.0714. The van der Waals surface area contributed by atoms with Gasteiger partial charge in [-0.3, -0.25) is 0 Å². The molecule has 0 aliphatic rings. The van der Waals surface area contributed by atoms with Gasteiger partial charge >= 0.3 is 6.16 Å². The molecule has 0 heterocycles. The van der Waals surface area contributed by atoms with Gasteiger partial charge in [0.15, 0.2) is 0 Å². The second-order valence-corrected chi connectivity index (χ2v) is 4.61. The van der Waals surface area contributed by atoms with E-state index in [4.69, 9.17) is 9.84 Å². The van der Waals surface area contributed by atoms with Crippen LogP contribution >= 0.6 is 11.8 Å². The maximum atomic E-state index is 10.6. The van der Waals surface area contributed by atoms with Gasteiger partial charge < -0.3 is 9.84 Å². The summed E-state index contributed by atoms with van der Waals surface area (Å²) in [6.07, 6.45) is -1.29. The summed E-state index contributed by atoms with van der Waals surface area (Å²) in [5.74, 6) is 1.16. The lowest BCUT2D eigenvalue weighted by Gasteiger charge is -2.07. The Morgan fingerprint density at radius 1 is 1.06 bits per heavy atom. The van der Waals surface area contributed by atoms with Crippen LogP contribution in [0.1, 0.15) is 5.56 Å². The smallest absolute Gasteiger partial charge is 0.449 e. The zero-order valence-electron chi connectivity index (χ0n) is 9.58. The average molecular weight is 260 g/mol. The fourth-order valence-corrected chi connectivity index (χ4v) is 2.42. The Labute approximate surface area is 109 Å². The molecule has 2 rings (SSSR count). The maximum absolute atomic E-state index is 10.6. The molecule has 0 radical (unpaired) electrons. The van der Waals surface area contributed by atoms with E-state index in [0.29, 0.717) is 5.75 Å². The highest BCUT2D eigenvalue weighted by molar-refractivity contribution is 7.98. The summed E-state index contributed by atoms with van der Waals surface area (Å²) < 4.78 is 4.73. The second kappa shape index (κ2) is 6.12. The SMILES string of the molecule is O=C(O)Oc1ccccc1SCc1ccccc1. The molecule has 0 aliphatic heterocycles. The summed E-state index contributed by atoms with van der Waals surface area (Å²) >= 11 is 1.55. The van der Waals surface area contributed by atoms with E-state index in [9.17, 15) is 4.79 Å². The van der Waals surface area contributed by atoms with Gasteiger partial charge in [-0.25, -0.2) is 4.79 Å². The molecule has 1 N–H and O–H groups in total. The minimum Gasteiger partial charge on any atom is -0.449 e. The largest absolute Gasteiger partial charge is 0.511 e. The third kappa shape index (κ3) is 3.53. The van der Waals surface area contributed by atoms with Crippen LogP contribution < -0.4 is 4.74 Å². The molecular formula is C14H12O3S. The van der Waals surface area contributed by atoms with Crippen LogP contribution in [0.2, 0.25) is 0 Å². The molecule has 0 atom stereocenters. The van der Waals surface area contributed by atoms with E-state index in [-0.39, 0.29) is 0 Å². The first-order chi connectivity index (χ1) is 8.75. The van der Waals surface area contributed by atoms with E-state index in [1.807, 2.05) is 42.5 Å². The van der Waals surface area contributed by atoms with E-state index < -0.39 is 6.16 Å². The zero-order valence-corrected chi connectivity index (χ0v) is 10.4. The molecule has 0 amide bonds. The van der Waals surface area contributed by atoms with Gasteiger partial charge in [0.2, 0.25) is 0 Å². The van der Waals surface area contributed by atoms with Crippen LogP contribution in [0.5, 0.6) is 5.75 Å². The zero-order chi connectivity index (χ0) is 12.8. The number of carboxylic acid groups (broad SMARTS) is 1. The molecule has 4 heteroatoms. The fourth-order valence-electron chi connectivity index (χ4n) is 1.48. The van der Waals surface area contributed by atoms with Gasteiger partial charge in [0, 0.05) is 5.75 Å². The summed E-state index contributed by atoms with van der Waals surface area (Å²) in [5, 5.41) is 8.65. The monoisotopic (exact) mass is 260 g/mol. The van der Waals surface area contributed by atoms with Gasteiger partial charge in [0.1, 0.15) is 5.75 Å². The number of ether oxygens (including phenoxy) is 1. The molecule has 0 fully saturated rings. The van der Waals surface area contributed by atoms with Gasteiger partial charge in [0.25, 0.3) is 0 Å². The van der Waals surface area contributed by atoms with E-state index in [2.05, 4.69) is 0 Å². The molecule has 0 bridgehead atoms. The van der Waals surface area contributed by atoms with Crippen molar-refractivity contribution in [1.29, 1.82) is 0 Å². The predicted molar refractivity (Wildman–Crippen MR) is 71.1 cm³/mol. The molecule has 0 aliphatic carbocycles. The number of thioether (sulfide) groups is 1. The number of rotatable bonds is 4. The van der Waals surface area contributed by atoms with Crippen molar-refractivity contribution in [2.45, 2.75) is 10.6 Å². The highest BCUT2D eigenvalue weighted by atomic mass is 32.2. The third-order valence-electron chi connectivity index (χ3n) is 2.28. The first kappa shape index (κ1) is 12.5. The molecule has 0 saturated heterocycles. The van der Waals surface area contributed by atoms with Crippen molar-refractivity contribution in [1.82, 2.24) is 0 Å². The number of para-hydroxylation sites is 1. The molecule has 92 valence electrons. The quantitative estimate of drug-likeness (QED) is 0.512. The molecule has 2 aromatic carbocycles. The van der Waals surface area contributed by atoms with Crippen molar-refractivity contribution in [2.24, 2.45) is 0 Å². The Bertz CT molecular complexity index is 526. The standard InChI is InChI=1S/C14H12O3S/c15-14(16)17-12-8-4-5-9-13(12)18-10-11-6-2-1-3-7-11/h1-9H,10H2,(H,15,16). The first-order valence-electron chi connectivity index (χ1n) is 5.42. The Kier molecular flexibility index (Phi) is 4.25. The third-order valence-corrected chi connectivity index (χ3v) is 3.41. The molecule has 3 nitrogen and oxygen atoms in total. The van der Waals surface area contributed by atoms with Crippen LogP contribution in [0.4, 0.5) is 4.79 Å². The second-order valence-electron chi connectivity index (χ2n) is 3.59. The highest BCUT2D eigenvalue weighted by Crippen LogP contribution is 2.31. The van der Waals surface area contributed by atoms with Gasteiger partial charge in [-0.05, 0) is 17.7 Å². The molecule has 0 aromatic heterocycles. The minimum atomic E-state index is -1.29. The van der Waals surface area contributed by atoms with Crippen LogP contribution in [-0.2, 0) is 5.75 Å². The number of benzene rings is 2. The van der Waals surface area contributed by atoms with Gasteiger partial charge in [-0.2, -0.15) is 0 Å². The minimum absolute atomic E-state index is 0.380. The molecule has 0 spiro atoms. The van der Waals surface area contributed by atoms with E-state index in [0.717, 1.165) is 10.6 Å². The lowest BCUT2D eigenvalue weighted by Crippen LogP contribution is -2.03. The summed E-state index contributed by atoms with van der Waals surface area (Å²) in [4.78, 5) is 11.4. The van der Waals surface area contributed by atoms with E-state index in [1.54, 1.807) is 23.9 Å². The Morgan fingerprint density at radius 2 is 1.72 bits per heavy atom. The van der Waals surface area contributed by atoms with Crippen LogP contribution in [0.15, 0.2) is 59.5 Å². The first-order valence-corrected chi connectivity index (χ1v) is 6.41. The summed E-state index contributed by atoms with van der Waals surface area (Å²) in [6.45, 7) is 0.